The van der Waals surface area contributed by atoms with Gasteiger partial charge in [0.2, 0.25) is 0 Å². The fraction of sp³-hybridized carbons (Fsp3) is 0.500. The van der Waals surface area contributed by atoms with Crippen LogP contribution in [-0.2, 0) is 16.8 Å². The summed E-state index contributed by atoms with van der Waals surface area (Å²) >= 11 is 5.90. The van der Waals surface area contributed by atoms with Gasteiger partial charge in [-0.2, -0.15) is 17.0 Å². The molecule has 1 saturated heterocycles. The molecule has 2 rings (SSSR count). The van der Waals surface area contributed by atoms with Gasteiger partial charge in [0, 0.05) is 44.8 Å². The Hall–Kier alpha value is -0.660. The van der Waals surface area contributed by atoms with E-state index in [2.05, 4.69) is 5.32 Å². The van der Waals surface area contributed by atoms with E-state index >= 15 is 0 Å². The highest BCUT2D eigenvalue weighted by molar-refractivity contribution is 7.86. The molecule has 1 fully saturated rings. The van der Waals surface area contributed by atoms with Crippen LogP contribution < -0.4 is 5.32 Å². The monoisotopic (exact) mass is 303 g/mol. The van der Waals surface area contributed by atoms with E-state index in [1.807, 2.05) is 12.1 Å². The van der Waals surface area contributed by atoms with E-state index in [1.165, 1.54) is 8.61 Å². The lowest BCUT2D eigenvalue weighted by Gasteiger charge is -2.30. The van der Waals surface area contributed by atoms with Gasteiger partial charge in [-0.25, -0.2) is 0 Å². The van der Waals surface area contributed by atoms with Gasteiger partial charge in [0.15, 0.2) is 0 Å². The number of rotatable bonds is 4. The molecule has 0 bridgehead atoms. The van der Waals surface area contributed by atoms with Gasteiger partial charge >= 0.3 is 0 Å². The maximum atomic E-state index is 12.4. The number of nitrogens with zero attached hydrogens (tertiary/aromatic N) is 2. The molecule has 0 aromatic heterocycles. The molecule has 0 aliphatic carbocycles. The average molecular weight is 304 g/mol. The Morgan fingerprint density at radius 1 is 1.37 bits per heavy atom. The summed E-state index contributed by atoms with van der Waals surface area (Å²) in [5.74, 6) is 0. The minimum atomic E-state index is -3.39. The number of halogens is 1. The van der Waals surface area contributed by atoms with Gasteiger partial charge < -0.3 is 5.32 Å². The van der Waals surface area contributed by atoms with E-state index in [-0.39, 0.29) is 0 Å². The molecule has 19 heavy (non-hydrogen) atoms. The van der Waals surface area contributed by atoms with Gasteiger partial charge in [0.1, 0.15) is 0 Å². The zero-order valence-corrected chi connectivity index (χ0v) is 12.4. The summed E-state index contributed by atoms with van der Waals surface area (Å²) in [5.41, 5.74) is 0.883. The molecule has 0 amide bonds. The topological polar surface area (TPSA) is 52.7 Å². The van der Waals surface area contributed by atoms with Crippen LogP contribution in [0.15, 0.2) is 24.3 Å². The highest BCUT2D eigenvalue weighted by atomic mass is 35.5. The van der Waals surface area contributed by atoms with Crippen molar-refractivity contribution in [2.45, 2.75) is 6.54 Å². The van der Waals surface area contributed by atoms with Crippen molar-refractivity contribution in [3.63, 3.8) is 0 Å². The van der Waals surface area contributed by atoms with Gasteiger partial charge in [-0.1, -0.05) is 23.7 Å². The first kappa shape index (κ1) is 14.7. The first-order valence-corrected chi connectivity index (χ1v) is 7.94. The van der Waals surface area contributed by atoms with Crippen molar-refractivity contribution in [2.75, 3.05) is 33.2 Å². The third-order valence-electron chi connectivity index (χ3n) is 3.09. The van der Waals surface area contributed by atoms with Crippen molar-refractivity contribution in [1.82, 2.24) is 13.9 Å². The lowest BCUT2D eigenvalue weighted by atomic mass is 10.2. The molecule has 0 atom stereocenters. The Kier molecular flexibility index (Phi) is 4.81. The lowest BCUT2D eigenvalue weighted by Crippen LogP contribution is -2.50. The number of hydrogen-bond acceptors (Lipinski definition) is 3. The van der Waals surface area contributed by atoms with E-state index < -0.39 is 10.2 Å². The second-order valence-corrected chi connectivity index (χ2v) is 7.01. The van der Waals surface area contributed by atoms with Gasteiger partial charge in [0.05, 0.1) is 0 Å². The van der Waals surface area contributed by atoms with Gasteiger partial charge in [-0.3, -0.25) is 0 Å². The predicted octanol–water partition coefficient (Wildman–Crippen LogP) is 0.922. The minimum absolute atomic E-state index is 0.326. The zero-order valence-electron chi connectivity index (χ0n) is 10.8. The average Bonchev–Trinajstić information content (AvgIpc) is 2.39. The van der Waals surface area contributed by atoms with E-state index in [0.717, 1.165) is 5.56 Å². The summed E-state index contributed by atoms with van der Waals surface area (Å²) < 4.78 is 27.6. The Morgan fingerprint density at radius 3 is 2.68 bits per heavy atom. The number of piperazine rings is 1. The predicted molar refractivity (Wildman–Crippen MR) is 76.3 cm³/mol. The number of nitrogens with one attached hydrogen (secondary N) is 1. The SMILES string of the molecule is CN(Cc1cccc(Cl)c1)S(=O)(=O)N1CCNCC1. The first-order chi connectivity index (χ1) is 9.00. The number of benzene rings is 1. The highest BCUT2D eigenvalue weighted by Crippen LogP contribution is 2.15. The Labute approximate surface area is 119 Å². The fourth-order valence-corrected chi connectivity index (χ4v) is 3.61. The van der Waals surface area contributed by atoms with Crippen molar-refractivity contribution in [3.05, 3.63) is 34.9 Å². The van der Waals surface area contributed by atoms with Crippen molar-refractivity contribution in [2.24, 2.45) is 0 Å². The van der Waals surface area contributed by atoms with E-state index in [0.29, 0.717) is 37.7 Å². The third-order valence-corrected chi connectivity index (χ3v) is 5.26. The van der Waals surface area contributed by atoms with Crippen molar-refractivity contribution < 1.29 is 8.42 Å². The standard InChI is InChI=1S/C12H18ClN3O2S/c1-15(10-11-3-2-4-12(13)9-11)19(17,18)16-7-5-14-6-8-16/h2-4,9,14H,5-8,10H2,1H3. The molecular weight excluding hydrogens is 286 g/mol. The summed E-state index contributed by atoms with van der Waals surface area (Å²) in [4.78, 5) is 0. The molecule has 1 aromatic rings. The van der Waals surface area contributed by atoms with Crippen molar-refractivity contribution in [3.8, 4) is 0 Å². The fourth-order valence-electron chi connectivity index (χ4n) is 2.05. The number of hydrogen-bond donors (Lipinski definition) is 1. The molecular formula is C12H18ClN3O2S. The molecule has 0 spiro atoms. The van der Waals surface area contributed by atoms with Crippen LogP contribution in [0.5, 0.6) is 0 Å². The zero-order chi connectivity index (χ0) is 13.9. The highest BCUT2D eigenvalue weighted by Gasteiger charge is 2.27. The quantitative estimate of drug-likeness (QED) is 0.900. The van der Waals surface area contributed by atoms with E-state index in [9.17, 15) is 8.42 Å². The molecule has 0 unspecified atom stereocenters. The summed E-state index contributed by atoms with van der Waals surface area (Å²) in [6, 6.07) is 7.25. The molecule has 1 heterocycles. The van der Waals surface area contributed by atoms with Crippen LogP contribution >= 0.6 is 11.6 Å². The Morgan fingerprint density at radius 2 is 2.05 bits per heavy atom. The molecule has 0 radical (unpaired) electrons. The van der Waals surface area contributed by atoms with Crippen LogP contribution in [0.1, 0.15) is 5.56 Å². The third kappa shape index (κ3) is 3.67. The van der Waals surface area contributed by atoms with Crippen LogP contribution in [-0.4, -0.2) is 50.3 Å². The molecule has 1 N–H and O–H groups in total. The molecule has 106 valence electrons. The van der Waals surface area contributed by atoms with Crippen molar-refractivity contribution in [1.29, 1.82) is 0 Å². The molecule has 1 aromatic carbocycles. The normalized spacial score (nSPS) is 17.8. The van der Waals surface area contributed by atoms with Gasteiger partial charge in [-0.05, 0) is 17.7 Å². The first-order valence-electron chi connectivity index (χ1n) is 6.17. The molecule has 1 aliphatic rings. The van der Waals surface area contributed by atoms with Crippen LogP contribution in [0.25, 0.3) is 0 Å². The van der Waals surface area contributed by atoms with E-state index in [4.69, 9.17) is 11.6 Å². The van der Waals surface area contributed by atoms with Crippen LogP contribution in [0.3, 0.4) is 0 Å². The Bertz CT molecular complexity index is 530. The molecule has 5 nitrogen and oxygen atoms in total. The van der Waals surface area contributed by atoms with Crippen LogP contribution in [0.4, 0.5) is 0 Å². The Balaban J connectivity index is 2.07. The summed E-state index contributed by atoms with van der Waals surface area (Å²) in [7, 11) is -1.79. The molecule has 7 heteroatoms. The largest absolute Gasteiger partial charge is 0.314 e. The van der Waals surface area contributed by atoms with Gasteiger partial charge in [-0.15, -0.1) is 0 Å². The van der Waals surface area contributed by atoms with Crippen molar-refractivity contribution >= 4 is 21.8 Å². The van der Waals surface area contributed by atoms with Gasteiger partial charge in [0.25, 0.3) is 10.2 Å². The maximum Gasteiger partial charge on any atom is 0.282 e. The summed E-state index contributed by atoms with van der Waals surface area (Å²) in [5, 5.41) is 3.76. The maximum absolute atomic E-state index is 12.4. The molecule has 1 aliphatic heterocycles. The minimum Gasteiger partial charge on any atom is -0.314 e. The second-order valence-electron chi connectivity index (χ2n) is 4.54. The van der Waals surface area contributed by atoms with Crippen LogP contribution in [0.2, 0.25) is 5.02 Å². The summed E-state index contributed by atoms with van der Waals surface area (Å²) in [6.07, 6.45) is 0. The van der Waals surface area contributed by atoms with Crippen LogP contribution in [0, 0.1) is 0 Å². The smallest absolute Gasteiger partial charge is 0.282 e. The second kappa shape index (κ2) is 6.19. The molecule has 0 saturated carbocycles. The lowest BCUT2D eigenvalue weighted by molar-refractivity contribution is 0.324. The summed E-state index contributed by atoms with van der Waals surface area (Å²) in [6.45, 7) is 2.76. The van der Waals surface area contributed by atoms with E-state index in [1.54, 1.807) is 19.2 Å².